The van der Waals surface area contributed by atoms with Gasteiger partial charge in [-0.15, -0.1) is 0 Å². The molecule has 0 saturated heterocycles. The van der Waals surface area contributed by atoms with E-state index >= 15 is 0 Å². The molecule has 1 aromatic rings. The zero-order valence-electron chi connectivity index (χ0n) is 9.95. The first-order chi connectivity index (χ1) is 7.09. The first-order valence-electron chi connectivity index (χ1n) is 5.88. The van der Waals surface area contributed by atoms with Crippen LogP contribution < -0.4 is 5.73 Å². The number of hydrogen-bond acceptors (Lipinski definition) is 2. The Kier molecular flexibility index (Phi) is 2.72. The van der Waals surface area contributed by atoms with Gasteiger partial charge in [0.2, 0.25) is 0 Å². The molecule has 0 unspecified atom stereocenters. The highest BCUT2D eigenvalue weighted by molar-refractivity contribution is 5.43. The highest BCUT2D eigenvalue weighted by Crippen LogP contribution is 2.37. The third kappa shape index (κ3) is 1.87. The maximum absolute atomic E-state index is 5.94. The van der Waals surface area contributed by atoms with Crippen molar-refractivity contribution in [2.24, 2.45) is 13.0 Å². The lowest BCUT2D eigenvalue weighted by molar-refractivity contribution is 0.342. The van der Waals surface area contributed by atoms with Gasteiger partial charge >= 0.3 is 0 Å². The lowest BCUT2D eigenvalue weighted by atomic mass is 9.80. The predicted octanol–water partition coefficient (Wildman–Crippen LogP) is 2.60. The summed E-state index contributed by atoms with van der Waals surface area (Å²) in [5.74, 6) is 2.36. The lowest BCUT2D eigenvalue weighted by Crippen LogP contribution is -2.12. The summed E-state index contributed by atoms with van der Waals surface area (Å²) in [6.45, 7) is 4.44. The smallest absolute Gasteiger partial charge is 0.124 e. The monoisotopic (exact) mass is 207 g/mol. The van der Waals surface area contributed by atoms with Crippen LogP contribution in [-0.2, 0) is 7.05 Å². The Morgan fingerprint density at radius 1 is 1.27 bits per heavy atom. The molecule has 15 heavy (non-hydrogen) atoms. The largest absolute Gasteiger partial charge is 0.384 e. The predicted molar refractivity (Wildman–Crippen MR) is 62.7 cm³/mol. The van der Waals surface area contributed by atoms with Crippen LogP contribution in [0.5, 0.6) is 0 Å². The van der Waals surface area contributed by atoms with Gasteiger partial charge < -0.3 is 5.73 Å². The van der Waals surface area contributed by atoms with E-state index in [2.05, 4.69) is 18.9 Å². The van der Waals surface area contributed by atoms with E-state index in [-0.39, 0.29) is 0 Å². The van der Waals surface area contributed by atoms with Crippen LogP contribution in [0.25, 0.3) is 0 Å². The molecule has 0 aromatic carbocycles. The fourth-order valence-corrected chi connectivity index (χ4v) is 2.59. The van der Waals surface area contributed by atoms with Gasteiger partial charge in [-0.2, -0.15) is 5.10 Å². The minimum atomic E-state index is 0.643. The Bertz CT molecular complexity index is 346. The molecule has 1 saturated carbocycles. The first kappa shape index (κ1) is 10.5. The van der Waals surface area contributed by atoms with E-state index in [9.17, 15) is 0 Å². The Morgan fingerprint density at radius 2 is 1.87 bits per heavy atom. The molecule has 1 fully saturated rings. The maximum atomic E-state index is 5.94. The number of nitrogens with two attached hydrogens (primary N) is 1. The molecule has 0 spiro atoms. The highest BCUT2D eigenvalue weighted by Gasteiger charge is 2.24. The van der Waals surface area contributed by atoms with E-state index < -0.39 is 0 Å². The second-order valence-corrected chi connectivity index (χ2v) is 4.98. The van der Waals surface area contributed by atoms with Crippen molar-refractivity contribution < 1.29 is 0 Å². The molecule has 0 aliphatic heterocycles. The Labute approximate surface area is 91.7 Å². The van der Waals surface area contributed by atoms with Crippen molar-refractivity contribution in [3.05, 3.63) is 11.3 Å². The molecular weight excluding hydrogens is 186 g/mol. The summed E-state index contributed by atoms with van der Waals surface area (Å²) in [4.78, 5) is 0. The fraction of sp³-hybridized carbons (Fsp3) is 0.750. The summed E-state index contributed by atoms with van der Waals surface area (Å²) in [6, 6.07) is 0. The molecule has 2 N–H and O–H groups in total. The first-order valence-corrected chi connectivity index (χ1v) is 5.88. The number of aromatic nitrogens is 2. The van der Waals surface area contributed by atoms with Crippen molar-refractivity contribution in [2.45, 2.75) is 45.4 Å². The van der Waals surface area contributed by atoms with Crippen LogP contribution in [-0.4, -0.2) is 9.78 Å². The Morgan fingerprint density at radius 3 is 2.33 bits per heavy atom. The van der Waals surface area contributed by atoms with Crippen molar-refractivity contribution in [1.82, 2.24) is 9.78 Å². The summed E-state index contributed by atoms with van der Waals surface area (Å²) in [5.41, 5.74) is 8.37. The van der Waals surface area contributed by atoms with Crippen molar-refractivity contribution in [3.8, 4) is 0 Å². The van der Waals surface area contributed by atoms with Gasteiger partial charge in [0.25, 0.3) is 0 Å². The molecule has 3 nitrogen and oxygen atoms in total. The van der Waals surface area contributed by atoms with E-state index in [4.69, 9.17) is 5.73 Å². The van der Waals surface area contributed by atoms with Gasteiger partial charge in [-0.3, -0.25) is 4.68 Å². The van der Waals surface area contributed by atoms with E-state index in [1.165, 1.54) is 36.9 Å². The molecule has 1 heterocycles. The van der Waals surface area contributed by atoms with E-state index in [0.717, 1.165) is 11.7 Å². The number of aryl methyl sites for hydroxylation is 1. The molecule has 84 valence electrons. The van der Waals surface area contributed by atoms with Crippen molar-refractivity contribution >= 4 is 5.82 Å². The number of nitrogens with zero attached hydrogens (tertiary/aromatic N) is 2. The minimum absolute atomic E-state index is 0.643. The number of anilines is 1. The Hall–Kier alpha value is -0.990. The standard InChI is InChI=1S/C12H21N3/c1-8-4-6-10(7-5-8)11-9(2)12(13)15(3)14-11/h8,10H,4-7,13H2,1-3H3. The van der Waals surface area contributed by atoms with Crippen LogP contribution in [0.2, 0.25) is 0 Å². The van der Waals surface area contributed by atoms with Gasteiger partial charge in [0, 0.05) is 18.5 Å². The normalized spacial score (nSPS) is 26.9. The highest BCUT2D eigenvalue weighted by atomic mass is 15.3. The van der Waals surface area contributed by atoms with Gasteiger partial charge in [-0.05, 0) is 25.7 Å². The topological polar surface area (TPSA) is 43.8 Å². The Balaban J connectivity index is 2.19. The van der Waals surface area contributed by atoms with Gasteiger partial charge in [-0.25, -0.2) is 0 Å². The average Bonchev–Trinajstić information content (AvgIpc) is 2.47. The molecule has 0 bridgehead atoms. The second-order valence-electron chi connectivity index (χ2n) is 4.98. The maximum Gasteiger partial charge on any atom is 0.124 e. The summed E-state index contributed by atoms with van der Waals surface area (Å²) in [7, 11) is 1.93. The van der Waals surface area contributed by atoms with E-state index in [1.807, 2.05) is 11.7 Å². The third-order valence-corrected chi connectivity index (χ3v) is 3.78. The number of nitrogen functional groups attached to an aromatic ring is 1. The van der Waals surface area contributed by atoms with Gasteiger partial charge in [-0.1, -0.05) is 19.8 Å². The SMILES string of the molecule is Cc1c(C2CCC(C)CC2)nn(C)c1N. The van der Waals surface area contributed by atoms with Crippen LogP contribution in [0.3, 0.4) is 0 Å². The molecule has 2 rings (SSSR count). The van der Waals surface area contributed by atoms with Gasteiger partial charge in [0.05, 0.1) is 5.69 Å². The zero-order chi connectivity index (χ0) is 11.0. The second kappa shape index (κ2) is 3.87. The van der Waals surface area contributed by atoms with Crippen molar-refractivity contribution in [2.75, 3.05) is 5.73 Å². The van der Waals surface area contributed by atoms with E-state index in [0.29, 0.717) is 5.92 Å². The summed E-state index contributed by atoms with van der Waals surface area (Å²) in [6.07, 6.45) is 5.22. The zero-order valence-corrected chi connectivity index (χ0v) is 9.95. The van der Waals surface area contributed by atoms with E-state index in [1.54, 1.807) is 0 Å². The molecule has 1 aromatic heterocycles. The third-order valence-electron chi connectivity index (χ3n) is 3.78. The lowest BCUT2D eigenvalue weighted by Gasteiger charge is -2.25. The van der Waals surface area contributed by atoms with Gasteiger partial charge in [0.15, 0.2) is 0 Å². The number of hydrogen-bond donors (Lipinski definition) is 1. The molecular formula is C12H21N3. The summed E-state index contributed by atoms with van der Waals surface area (Å²) < 4.78 is 1.81. The fourth-order valence-electron chi connectivity index (χ4n) is 2.59. The molecule has 0 atom stereocenters. The summed E-state index contributed by atoms with van der Waals surface area (Å²) in [5, 5.41) is 4.55. The van der Waals surface area contributed by atoms with Crippen LogP contribution in [0, 0.1) is 12.8 Å². The van der Waals surface area contributed by atoms with Crippen LogP contribution in [0.1, 0.15) is 49.8 Å². The minimum Gasteiger partial charge on any atom is -0.384 e. The molecule has 0 radical (unpaired) electrons. The van der Waals surface area contributed by atoms with Crippen molar-refractivity contribution in [3.63, 3.8) is 0 Å². The summed E-state index contributed by atoms with van der Waals surface area (Å²) >= 11 is 0. The quantitative estimate of drug-likeness (QED) is 0.769. The molecule has 1 aliphatic rings. The average molecular weight is 207 g/mol. The molecule has 0 amide bonds. The molecule has 3 heteroatoms. The molecule has 1 aliphatic carbocycles. The number of rotatable bonds is 1. The van der Waals surface area contributed by atoms with Gasteiger partial charge in [0.1, 0.15) is 5.82 Å². The van der Waals surface area contributed by atoms with Crippen LogP contribution >= 0.6 is 0 Å². The van der Waals surface area contributed by atoms with Crippen LogP contribution in [0.15, 0.2) is 0 Å². The van der Waals surface area contributed by atoms with Crippen molar-refractivity contribution in [1.29, 1.82) is 0 Å². The van der Waals surface area contributed by atoms with Crippen LogP contribution in [0.4, 0.5) is 5.82 Å².